The van der Waals surface area contributed by atoms with Crippen LogP contribution in [0.25, 0.3) is 0 Å². The second kappa shape index (κ2) is 8.41. The zero-order valence-corrected chi connectivity index (χ0v) is 14.0. The summed E-state index contributed by atoms with van der Waals surface area (Å²) in [5.74, 6) is 0.345. The van der Waals surface area contributed by atoms with E-state index in [0.29, 0.717) is 23.7 Å². The number of phenolic OH excluding ortho intramolecular Hbond substituents is 1. The van der Waals surface area contributed by atoms with Gasteiger partial charge in [-0.3, -0.25) is 4.79 Å². The Morgan fingerprint density at radius 3 is 2.60 bits per heavy atom. The van der Waals surface area contributed by atoms with Crippen LogP contribution in [0.1, 0.15) is 12.5 Å². The van der Waals surface area contributed by atoms with E-state index in [4.69, 9.17) is 4.74 Å². The van der Waals surface area contributed by atoms with Crippen LogP contribution in [-0.4, -0.2) is 17.6 Å². The SMILES string of the molecule is CCOc1ccc(NC(=O)/C(C#N)=C\Nc2ccc(O)cc2C)cc1. The molecular formula is C19H19N3O3. The number of amides is 1. The molecule has 6 heteroatoms. The molecule has 2 aromatic carbocycles. The number of anilines is 2. The molecule has 0 radical (unpaired) electrons. The molecule has 0 fully saturated rings. The van der Waals surface area contributed by atoms with Gasteiger partial charge in [0, 0.05) is 17.6 Å². The van der Waals surface area contributed by atoms with E-state index < -0.39 is 5.91 Å². The molecule has 0 unspecified atom stereocenters. The first-order chi connectivity index (χ1) is 12.0. The van der Waals surface area contributed by atoms with Crippen LogP contribution in [0.3, 0.4) is 0 Å². The van der Waals surface area contributed by atoms with Crippen LogP contribution < -0.4 is 15.4 Å². The summed E-state index contributed by atoms with van der Waals surface area (Å²) in [7, 11) is 0. The number of hydrogen-bond donors (Lipinski definition) is 3. The molecular weight excluding hydrogens is 318 g/mol. The summed E-state index contributed by atoms with van der Waals surface area (Å²) in [5, 5.41) is 24.2. The Morgan fingerprint density at radius 2 is 2.00 bits per heavy atom. The van der Waals surface area contributed by atoms with Gasteiger partial charge < -0.3 is 20.5 Å². The van der Waals surface area contributed by atoms with Gasteiger partial charge in [-0.15, -0.1) is 0 Å². The zero-order valence-electron chi connectivity index (χ0n) is 14.0. The Balaban J connectivity index is 2.06. The van der Waals surface area contributed by atoms with Crippen LogP contribution in [0.15, 0.2) is 54.2 Å². The maximum atomic E-state index is 12.2. The van der Waals surface area contributed by atoms with Gasteiger partial charge in [-0.2, -0.15) is 5.26 Å². The molecule has 0 aliphatic carbocycles. The van der Waals surface area contributed by atoms with Gasteiger partial charge in [0.2, 0.25) is 0 Å². The molecule has 0 atom stereocenters. The number of carbonyl (C=O) groups is 1. The van der Waals surface area contributed by atoms with Gasteiger partial charge >= 0.3 is 0 Å². The number of nitrogens with zero attached hydrogens (tertiary/aromatic N) is 1. The zero-order chi connectivity index (χ0) is 18.2. The van der Waals surface area contributed by atoms with Crippen molar-refractivity contribution in [2.75, 3.05) is 17.2 Å². The van der Waals surface area contributed by atoms with Crippen molar-refractivity contribution in [2.45, 2.75) is 13.8 Å². The molecule has 0 aliphatic rings. The molecule has 25 heavy (non-hydrogen) atoms. The number of nitriles is 1. The van der Waals surface area contributed by atoms with Crippen molar-refractivity contribution in [3.05, 3.63) is 59.8 Å². The predicted octanol–water partition coefficient (Wildman–Crippen LogP) is 3.56. The number of ether oxygens (including phenoxy) is 1. The first-order valence-electron chi connectivity index (χ1n) is 7.74. The normalized spacial score (nSPS) is 10.7. The van der Waals surface area contributed by atoms with Crippen molar-refractivity contribution in [1.82, 2.24) is 0 Å². The average molecular weight is 337 g/mol. The van der Waals surface area contributed by atoms with Gasteiger partial charge in [0.1, 0.15) is 23.1 Å². The Morgan fingerprint density at radius 1 is 1.28 bits per heavy atom. The number of benzene rings is 2. The van der Waals surface area contributed by atoms with Gasteiger partial charge in [0.25, 0.3) is 5.91 Å². The molecule has 0 spiro atoms. The second-order valence-corrected chi connectivity index (χ2v) is 5.22. The minimum Gasteiger partial charge on any atom is -0.508 e. The smallest absolute Gasteiger partial charge is 0.267 e. The molecule has 0 bridgehead atoms. The van der Waals surface area contributed by atoms with Gasteiger partial charge in [-0.25, -0.2) is 0 Å². The summed E-state index contributed by atoms with van der Waals surface area (Å²) in [6.07, 6.45) is 1.34. The summed E-state index contributed by atoms with van der Waals surface area (Å²) in [6, 6.07) is 13.5. The lowest BCUT2D eigenvalue weighted by atomic mass is 10.2. The first kappa shape index (κ1) is 17.9. The molecule has 0 aromatic heterocycles. The molecule has 2 aromatic rings. The molecule has 128 valence electrons. The first-order valence-corrected chi connectivity index (χ1v) is 7.74. The van der Waals surface area contributed by atoms with Gasteiger partial charge in [0.15, 0.2) is 0 Å². The van der Waals surface area contributed by atoms with E-state index in [2.05, 4.69) is 10.6 Å². The number of hydrogen-bond acceptors (Lipinski definition) is 5. The van der Waals surface area contributed by atoms with Crippen molar-refractivity contribution in [1.29, 1.82) is 5.26 Å². The number of phenols is 1. The van der Waals surface area contributed by atoms with E-state index in [1.807, 2.05) is 19.9 Å². The number of rotatable bonds is 6. The summed E-state index contributed by atoms with van der Waals surface area (Å²) in [5.41, 5.74) is 1.98. The lowest BCUT2D eigenvalue weighted by Gasteiger charge is -2.08. The predicted molar refractivity (Wildman–Crippen MR) is 96.4 cm³/mol. The lowest BCUT2D eigenvalue weighted by molar-refractivity contribution is -0.112. The van der Waals surface area contributed by atoms with Crippen molar-refractivity contribution in [3.63, 3.8) is 0 Å². The van der Waals surface area contributed by atoms with Crippen molar-refractivity contribution in [2.24, 2.45) is 0 Å². The molecule has 0 saturated heterocycles. The molecule has 1 amide bonds. The van der Waals surface area contributed by atoms with E-state index in [-0.39, 0.29) is 11.3 Å². The molecule has 6 nitrogen and oxygen atoms in total. The third-order valence-corrected chi connectivity index (χ3v) is 3.37. The van der Waals surface area contributed by atoms with E-state index in [0.717, 1.165) is 5.56 Å². The Hall–Kier alpha value is -3.46. The molecule has 0 heterocycles. The second-order valence-electron chi connectivity index (χ2n) is 5.22. The highest BCUT2D eigenvalue weighted by Crippen LogP contribution is 2.20. The quantitative estimate of drug-likeness (QED) is 0.426. The van der Waals surface area contributed by atoms with Crippen LogP contribution in [0, 0.1) is 18.3 Å². The van der Waals surface area contributed by atoms with Crippen molar-refractivity contribution in [3.8, 4) is 17.6 Å². The number of carbonyl (C=O) groups excluding carboxylic acids is 1. The van der Waals surface area contributed by atoms with Crippen LogP contribution in [0.2, 0.25) is 0 Å². The fourth-order valence-electron chi connectivity index (χ4n) is 2.11. The topological polar surface area (TPSA) is 94.4 Å². The molecule has 2 rings (SSSR count). The van der Waals surface area contributed by atoms with E-state index in [9.17, 15) is 15.2 Å². The minimum atomic E-state index is -0.518. The Bertz CT molecular complexity index is 821. The lowest BCUT2D eigenvalue weighted by Crippen LogP contribution is -2.14. The molecule has 0 aliphatic heterocycles. The Kier molecular flexibility index (Phi) is 6.02. The molecule has 3 N–H and O–H groups in total. The highest BCUT2D eigenvalue weighted by atomic mass is 16.5. The highest BCUT2D eigenvalue weighted by Gasteiger charge is 2.10. The number of aryl methyl sites for hydroxylation is 1. The largest absolute Gasteiger partial charge is 0.508 e. The summed E-state index contributed by atoms with van der Waals surface area (Å²) in [6.45, 7) is 4.26. The maximum absolute atomic E-state index is 12.2. The van der Waals surface area contributed by atoms with Crippen LogP contribution in [0.5, 0.6) is 11.5 Å². The van der Waals surface area contributed by atoms with Gasteiger partial charge in [0.05, 0.1) is 6.61 Å². The maximum Gasteiger partial charge on any atom is 0.267 e. The third kappa shape index (κ3) is 5.01. The van der Waals surface area contributed by atoms with E-state index in [1.165, 1.54) is 12.3 Å². The fourth-order valence-corrected chi connectivity index (χ4v) is 2.11. The Labute approximate surface area is 146 Å². The summed E-state index contributed by atoms with van der Waals surface area (Å²) < 4.78 is 5.34. The van der Waals surface area contributed by atoms with Crippen molar-refractivity contribution >= 4 is 17.3 Å². The van der Waals surface area contributed by atoms with Crippen LogP contribution in [-0.2, 0) is 4.79 Å². The minimum absolute atomic E-state index is 0.0682. The van der Waals surface area contributed by atoms with E-state index in [1.54, 1.807) is 36.4 Å². The van der Waals surface area contributed by atoms with Crippen molar-refractivity contribution < 1.29 is 14.6 Å². The number of aromatic hydroxyl groups is 1. The summed E-state index contributed by atoms with van der Waals surface area (Å²) in [4.78, 5) is 12.2. The van der Waals surface area contributed by atoms with Gasteiger partial charge in [-0.05, 0) is 61.9 Å². The standard InChI is InChI=1S/C19H19N3O3/c1-3-25-17-7-4-15(5-8-17)22-19(24)14(11-20)12-21-18-9-6-16(23)10-13(18)2/h4-10,12,21,23H,3H2,1-2H3,(H,22,24)/b14-12-. The van der Waals surface area contributed by atoms with Crippen LogP contribution >= 0.6 is 0 Å². The molecule has 0 saturated carbocycles. The fraction of sp³-hybridized carbons (Fsp3) is 0.158. The monoisotopic (exact) mass is 337 g/mol. The highest BCUT2D eigenvalue weighted by molar-refractivity contribution is 6.06. The summed E-state index contributed by atoms with van der Waals surface area (Å²) >= 11 is 0. The van der Waals surface area contributed by atoms with E-state index >= 15 is 0 Å². The van der Waals surface area contributed by atoms with Gasteiger partial charge in [-0.1, -0.05) is 0 Å². The number of nitrogens with one attached hydrogen (secondary N) is 2. The third-order valence-electron chi connectivity index (χ3n) is 3.37. The van der Waals surface area contributed by atoms with Crippen LogP contribution in [0.4, 0.5) is 11.4 Å². The average Bonchev–Trinajstić information content (AvgIpc) is 2.59.